The van der Waals surface area contributed by atoms with Crippen molar-refractivity contribution < 1.29 is 4.74 Å². The number of hydrogen-bond acceptors (Lipinski definition) is 3. The molecule has 1 aliphatic rings. The van der Waals surface area contributed by atoms with E-state index in [0.717, 1.165) is 24.4 Å². The summed E-state index contributed by atoms with van der Waals surface area (Å²) in [7, 11) is 1.74. The Kier molecular flexibility index (Phi) is 3.69. The van der Waals surface area contributed by atoms with Crippen LogP contribution in [0, 0.1) is 0 Å². The minimum atomic E-state index is -0.311. The highest BCUT2D eigenvalue weighted by atomic mass is 35.5. The van der Waals surface area contributed by atoms with Crippen molar-refractivity contribution in [3.05, 3.63) is 22.7 Å². The number of methoxy groups -OCH3 is 1. The number of rotatable bonds is 3. The van der Waals surface area contributed by atoms with Gasteiger partial charge in [-0.15, -0.1) is 0 Å². The van der Waals surface area contributed by atoms with Gasteiger partial charge in [-0.25, -0.2) is 9.97 Å². The maximum absolute atomic E-state index is 6.08. The number of ether oxygens (including phenoxy) is 1. The fraction of sp³-hybridized carbons (Fsp3) is 0.692. The van der Waals surface area contributed by atoms with Crippen LogP contribution in [0.4, 0.5) is 0 Å². The average molecular weight is 255 g/mol. The summed E-state index contributed by atoms with van der Waals surface area (Å²) >= 11 is 6.08. The Morgan fingerprint density at radius 3 is 2.47 bits per heavy atom. The molecule has 0 unspecified atom stereocenters. The monoisotopic (exact) mass is 254 g/mol. The molecule has 1 saturated carbocycles. The molecule has 0 aliphatic heterocycles. The topological polar surface area (TPSA) is 35.0 Å². The molecule has 0 aromatic carbocycles. The zero-order chi connectivity index (χ0) is 12.5. The molecule has 0 bridgehead atoms. The summed E-state index contributed by atoms with van der Waals surface area (Å²) in [6.07, 6.45) is 4.31. The second kappa shape index (κ2) is 4.91. The number of halogens is 1. The van der Waals surface area contributed by atoms with Gasteiger partial charge in [-0.1, -0.05) is 25.4 Å². The first-order chi connectivity index (χ1) is 8.07. The van der Waals surface area contributed by atoms with E-state index in [2.05, 4.69) is 23.8 Å². The van der Waals surface area contributed by atoms with Gasteiger partial charge < -0.3 is 4.74 Å². The molecule has 4 heteroatoms. The van der Waals surface area contributed by atoms with Crippen molar-refractivity contribution in [2.45, 2.75) is 51.0 Å². The molecule has 1 aromatic rings. The number of nitrogens with zero attached hydrogens (tertiary/aromatic N) is 2. The zero-order valence-electron chi connectivity index (χ0n) is 10.7. The normalized spacial score (nSPS) is 18.9. The Morgan fingerprint density at radius 2 is 1.94 bits per heavy atom. The minimum Gasteiger partial charge on any atom is -0.370 e. The molecule has 1 fully saturated rings. The van der Waals surface area contributed by atoms with E-state index < -0.39 is 0 Å². The highest BCUT2D eigenvalue weighted by Gasteiger charge is 2.38. The van der Waals surface area contributed by atoms with Crippen molar-refractivity contribution in [1.29, 1.82) is 0 Å². The van der Waals surface area contributed by atoms with Crippen LogP contribution in [-0.2, 0) is 10.3 Å². The minimum absolute atomic E-state index is 0.311. The lowest BCUT2D eigenvalue weighted by Gasteiger charge is -2.26. The summed E-state index contributed by atoms with van der Waals surface area (Å²) in [4.78, 5) is 9.01. The van der Waals surface area contributed by atoms with E-state index in [4.69, 9.17) is 16.3 Å². The van der Waals surface area contributed by atoms with E-state index in [1.165, 1.54) is 12.8 Å². The maximum Gasteiger partial charge on any atom is 0.162 e. The SMILES string of the molecule is COC1(c2nc(Cl)cc(C(C)C)n2)CCCC1. The molecular weight excluding hydrogens is 236 g/mol. The van der Waals surface area contributed by atoms with Crippen LogP contribution in [-0.4, -0.2) is 17.1 Å². The van der Waals surface area contributed by atoms with E-state index >= 15 is 0 Å². The third-order valence-electron chi connectivity index (χ3n) is 3.52. The van der Waals surface area contributed by atoms with Crippen molar-refractivity contribution in [3.63, 3.8) is 0 Å². The standard InChI is InChI=1S/C13H19ClN2O/c1-9(2)10-8-11(14)16-12(15-10)13(17-3)6-4-5-7-13/h8-9H,4-7H2,1-3H3. The lowest BCUT2D eigenvalue weighted by molar-refractivity contribution is -0.0164. The van der Waals surface area contributed by atoms with Crippen molar-refractivity contribution in [2.24, 2.45) is 0 Å². The molecule has 1 aromatic heterocycles. The lowest BCUT2D eigenvalue weighted by Crippen LogP contribution is -2.28. The van der Waals surface area contributed by atoms with Gasteiger partial charge in [0.15, 0.2) is 5.82 Å². The molecule has 2 rings (SSSR count). The Morgan fingerprint density at radius 1 is 1.29 bits per heavy atom. The predicted octanol–water partition coefficient (Wildman–Crippen LogP) is 3.67. The van der Waals surface area contributed by atoms with Crippen LogP contribution in [0.5, 0.6) is 0 Å². The highest BCUT2D eigenvalue weighted by molar-refractivity contribution is 6.29. The quantitative estimate of drug-likeness (QED) is 0.772. The molecule has 3 nitrogen and oxygen atoms in total. The van der Waals surface area contributed by atoms with Crippen LogP contribution in [0.15, 0.2) is 6.07 Å². The van der Waals surface area contributed by atoms with Crippen LogP contribution in [0.1, 0.15) is 57.0 Å². The molecule has 94 valence electrons. The van der Waals surface area contributed by atoms with Crippen molar-refractivity contribution in [3.8, 4) is 0 Å². The molecule has 0 spiro atoms. The summed E-state index contributed by atoms with van der Waals surface area (Å²) in [5.74, 6) is 1.11. The van der Waals surface area contributed by atoms with Gasteiger partial charge in [-0.3, -0.25) is 0 Å². The van der Waals surface area contributed by atoms with Gasteiger partial charge >= 0.3 is 0 Å². The molecule has 0 radical (unpaired) electrons. The van der Waals surface area contributed by atoms with Crippen molar-refractivity contribution in [1.82, 2.24) is 9.97 Å². The predicted molar refractivity (Wildman–Crippen MR) is 68.3 cm³/mol. The summed E-state index contributed by atoms with van der Waals surface area (Å²) in [6, 6.07) is 1.84. The second-order valence-corrected chi connectivity index (χ2v) is 5.39. The van der Waals surface area contributed by atoms with Gasteiger partial charge in [-0.2, -0.15) is 0 Å². The smallest absolute Gasteiger partial charge is 0.162 e. The lowest BCUT2D eigenvalue weighted by atomic mass is 10.0. The molecular formula is C13H19ClN2O. The summed E-state index contributed by atoms with van der Waals surface area (Å²) in [6.45, 7) is 4.22. The van der Waals surface area contributed by atoms with Crippen LogP contribution >= 0.6 is 11.6 Å². The number of aromatic nitrogens is 2. The van der Waals surface area contributed by atoms with Gasteiger partial charge in [0.05, 0.1) is 0 Å². The Bertz CT molecular complexity index is 400. The molecule has 0 atom stereocenters. The van der Waals surface area contributed by atoms with E-state index in [9.17, 15) is 0 Å². The molecule has 17 heavy (non-hydrogen) atoms. The van der Waals surface area contributed by atoms with Crippen molar-refractivity contribution >= 4 is 11.6 Å². The summed E-state index contributed by atoms with van der Waals surface area (Å²) in [5.41, 5.74) is 0.678. The van der Waals surface area contributed by atoms with Crippen LogP contribution < -0.4 is 0 Å². The fourth-order valence-electron chi connectivity index (χ4n) is 2.40. The van der Waals surface area contributed by atoms with Crippen LogP contribution in [0.25, 0.3) is 0 Å². The highest BCUT2D eigenvalue weighted by Crippen LogP contribution is 2.40. The first-order valence-electron chi connectivity index (χ1n) is 6.17. The largest absolute Gasteiger partial charge is 0.370 e. The summed E-state index contributed by atoms with van der Waals surface area (Å²) < 4.78 is 5.69. The second-order valence-electron chi connectivity index (χ2n) is 5.00. The first-order valence-corrected chi connectivity index (χ1v) is 6.55. The van der Waals surface area contributed by atoms with Gasteiger partial charge in [0.2, 0.25) is 0 Å². The molecule has 0 saturated heterocycles. The Hall–Kier alpha value is -0.670. The van der Waals surface area contributed by atoms with Crippen molar-refractivity contribution in [2.75, 3.05) is 7.11 Å². The van der Waals surface area contributed by atoms with E-state index in [1.807, 2.05) is 6.07 Å². The molecule has 1 heterocycles. The van der Waals surface area contributed by atoms with Gasteiger partial charge in [0, 0.05) is 12.8 Å². The van der Waals surface area contributed by atoms with E-state index in [0.29, 0.717) is 11.1 Å². The van der Waals surface area contributed by atoms with E-state index in [1.54, 1.807) is 7.11 Å². The zero-order valence-corrected chi connectivity index (χ0v) is 11.4. The fourth-order valence-corrected chi connectivity index (χ4v) is 2.59. The third kappa shape index (κ3) is 2.45. The van der Waals surface area contributed by atoms with Gasteiger partial charge in [0.25, 0.3) is 0 Å². The Balaban J connectivity index is 2.43. The van der Waals surface area contributed by atoms with Gasteiger partial charge in [0.1, 0.15) is 10.8 Å². The molecule has 1 aliphatic carbocycles. The molecule has 0 N–H and O–H groups in total. The third-order valence-corrected chi connectivity index (χ3v) is 3.71. The Labute approximate surface area is 108 Å². The first kappa shape index (κ1) is 12.8. The van der Waals surface area contributed by atoms with Crippen LogP contribution in [0.3, 0.4) is 0 Å². The maximum atomic E-state index is 6.08. The molecule has 0 amide bonds. The summed E-state index contributed by atoms with van der Waals surface area (Å²) in [5, 5.41) is 0.516. The number of hydrogen-bond donors (Lipinski definition) is 0. The van der Waals surface area contributed by atoms with E-state index in [-0.39, 0.29) is 5.60 Å². The van der Waals surface area contributed by atoms with Crippen LogP contribution in [0.2, 0.25) is 5.15 Å². The average Bonchev–Trinajstić information content (AvgIpc) is 2.78. The van der Waals surface area contributed by atoms with Gasteiger partial charge in [-0.05, 0) is 37.7 Å².